The number of amides is 1. The molecule has 1 heterocycles. The summed E-state index contributed by atoms with van der Waals surface area (Å²) in [7, 11) is 0. The SMILES string of the molecule is Cc1cc2cc(C(=O)Nc3ccc(OCCO)cc3)oc2cc1C. The zero-order valence-electron chi connectivity index (χ0n) is 13.6. The molecule has 0 aliphatic carbocycles. The van der Waals surface area contributed by atoms with Gasteiger partial charge in [0.25, 0.3) is 5.91 Å². The Hall–Kier alpha value is -2.79. The molecule has 2 aromatic carbocycles. The molecule has 0 spiro atoms. The summed E-state index contributed by atoms with van der Waals surface area (Å²) in [6.45, 7) is 4.24. The smallest absolute Gasteiger partial charge is 0.291 e. The lowest BCUT2D eigenvalue weighted by Gasteiger charge is -2.06. The first kappa shape index (κ1) is 16.1. The second kappa shape index (κ2) is 6.76. The minimum atomic E-state index is -0.300. The minimum Gasteiger partial charge on any atom is -0.491 e. The van der Waals surface area contributed by atoms with E-state index >= 15 is 0 Å². The first-order valence-electron chi connectivity index (χ1n) is 7.72. The van der Waals surface area contributed by atoms with E-state index in [2.05, 4.69) is 5.32 Å². The Kier molecular flexibility index (Phi) is 4.53. The summed E-state index contributed by atoms with van der Waals surface area (Å²) >= 11 is 0. The molecule has 3 rings (SSSR count). The first-order chi connectivity index (χ1) is 11.6. The first-order valence-corrected chi connectivity index (χ1v) is 7.72. The number of benzene rings is 2. The summed E-state index contributed by atoms with van der Waals surface area (Å²) in [5.41, 5.74) is 3.64. The second-order valence-corrected chi connectivity index (χ2v) is 5.64. The molecule has 0 unspecified atom stereocenters. The number of carbonyl (C=O) groups is 1. The van der Waals surface area contributed by atoms with Gasteiger partial charge in [-0.1, -0.05) is 0 Å². The monoisotopic (exact) mass is 325 g/mol. The van der Waals surface area contributed by atoms with E-state index in [4.69, 9.17) is 14.3 Å². The molecule has 0 saturated heterocycles. The predicted molar refractivity (Wildman–Crippen MR) is 92.7 cm³/mol. The molecule has 0 aliphatic heterocycles. The van der Waals surface area contributed by atoms with Gasteiger partial charge in [-0.05, 0) is 67.4 Å². The molecule has 0 bridgehead atoms. The van der Waals surface area contributed by atoms with Crippen molar-refractivity contribution in [3.63, 3.8) is 0 Å². The van der Waals surface area contributed by atoms with Crippen LogP contribution >= 0.6 is 0 Å². The van der Waals surface area contributed by atoms with Gasteiger partial charge in [0.05, 0.1) is 6.61 Å². The highest BCUT2D eigenvalue weighted by Crippen LogP contribution is 2.24. The average molecular weight is 325 g/mol. The molecular weight excluding hydrogens is 306 g/mol. The Balaban J connectivity index is 1.74. The fourth-order valence-electron chi connectivity index (χ4n) is 2.40. The lowest BCUT2D eigenvalue weighted by molar-refractivity contribution is 0.0998. The van der Waals surface area contributed by atoms with Gasteiger partial charge in [0.15, 0.2) is 5.76 Å². The van der Waals surface area contributed by atoms with Crippen LogP contribution in [-0.4, -0.2) is 24.2 Å². The maximum atomic E-state index is 12.3. The third-order valence-corrected chi connectivity index (χ3v) is 3.83. The number of anilines is 1. The fraction of sp³-hybridized carbons (Fsp3) is 0.211. The van der Waals surface area contributed by atoms with Crippen molar-refractivity contribution < 1.29 is 19.1 Å². The number of ether oxygens (including phenoxy) is 1. The van der Waals surface area contributed by atoms with Gasteiger partial charge in [-0.15, -0.1) is 0 Å². The molecule has 2 N–H and O–H groups in total. The van der Waals surface area contributed by atoms with E-state index in [1.165, 1.54) is 0 Å². The number of hydrogen-bond acceptors (Lipinski definition) is 4. The number of carbonyl (C=O) groups excluding carboxylic acids is 1. The largest absolute Gasteiger partial charge is 0.491 e. The molecule has 124 valence electrons. The standard InChI is InChI=1S/C19H19NO4/c1-12-9-14-11-18(24-17(14)10-13(12)2)19(22)20-15-3-5-16(6-4-15)23-8-7-21/h3-6,9-11,21H,7-8H2,1-2H3,(H,20,22). The van der Waals surface area contributed by atoms with Crippen LogP contribution in [0.3, 0.4) is 0 Å². The third-order valence-electron chi connectivity index (χ3n) is 3.83. The quantitative estimate of drug-likeness (QED) is 0.751. The number of aryl methyl sites for hydroxylation is 2. The summed E-state index contributed by atoms with van der Waals surface area (Å²) < 4.78 is 10.9. The number of fused-ring (bicyclic) bond motifs is 1. The Bertz CT molecular complexity index is 826. The van der Waals surface area contributed by atoms with Gasteiger partial charge in [-0.3, -0.25) is 4.79 Å². The molecule has 0 atom stereocenters. The molecular formula is C19H19NO4. The molecule has 0 fully saturated rings. The summed E-state index contributed by atoms with van der Waals surface area (Å²) in [4.78, 5) is 12.3. The molecule has 0 aliphatic rings. The number of rotatable bonds is 5. The van der Waals surface area contributed by atoms with Crippen molar-refractivity contribution in [1.29, 1.82) is 0 Å². The van der Waals surface area contributed by atoms with Crippen LogP contribution in [0.5, 0.6) is 5.75 Å². The van der Waals surface area contributed by atoms with Crippen LogP contribution < -0.4 is 10.1 Å². The number of aliphatic hydroxyl groups is 1. The van der Waals surface area contributed by atoms with E-state index in [0.717, 1.165) is 16.5 Å². The van der Waals surface area contributed by atoms with Gasteiger partial charge < -0.3 is 19.6 Å². The second-order valence-electron chi connectivity index (χ2n) is 5.64. The van der Waals surface area contributed by atoms with Crippen LogP contribution in [-0.2, 0) is 0 Å². The summed E-state index contributed by atoms with van der Waals surface area (Å²) in [5.74, 6) is 0.609. The highest BCUT2D eigenvalue weighted by atomic mass is 16.5. The Morgan fingerprint density at radius 2 is 1.83 bits per heavy atom. The van der Waals surface area contributed by atoms with Crippen LogP contribution in [0.25, 0.3) is 11.0 Å². The lowest BCUT2D eigenvalue weighted by atomic mass is 10.1. The predicted octanol–water partition coefficient (Wildman–Crippen LogP) is 3.67. The van der Waals surface area contributed by atoms with Crippen LogP contribution in [0.15, 0.2) is 46.9 Å². The number of furan rings is 1. The highest BCUT2D eigenvalue weighted by molar-refractivity contribution is 6.04. The van der Waals surface area contributed by atoms with E-state index in [1.807, 2.05) is 26.0 Å². The van der Waals surface area contributed by atoms with Crippen molar-refractivity contribution in [2.24, 2.45) is 0 Å². The average Bonchev–Trinajstić information content (AvgIpc) is 2.97. The summed E-state index contributed by atoms with van der Waals surface area (Å²) in [6, 6.07) is 12.6. The van der Waals surface area contributed by atoms with Crippen molar-refractivity contribution in [2.75, 3.05) is 18.5 Å². The Morgan fingerprint density at radius 3 is 2.54 bits per heavy atom. The van der Waals surface area contributed by atoms with Crippen molar-refractivity contribution in [3.8, 4) is 5.75 Å². The van der Waals surface area contributed by atoms with E-state index < -0.39 is 0 Å². The van der Waals surface area contributed by atoms with Gasteiger partial charge in [-0.25, -0.2) is 0 Å². The lowest BCUT2D eigenvalue weighted by Crippen LogP contribution is -2.10. The summed E-state index contributed by atoms with van der Waals surface area (Å²) in [6.07, 6.45) is 0. The van der Waals surface area contributed by atoms with Crippen molar-refractivity contribution >= 4 is 22.6 Å². The van der Waals surface area contributed by atoms with E-state index in [-0.39, 0.29) is 24.9 Å². The van der Waals surface area contributed by atoms with Crippen molar-refractivity contribution in [1.82, 2.24) is 0 Å². The van der Waals surface area contributed by atoms with Crippen LogP contribution in [0.4, 0.5) is 5.69 Å². The van der Waals surface area contributed by atoms with Crippen LogP contribution in [0.2, 0.25) is 0 Å². The molecule has 5 nitrogen and oxygen atoms in total. The molecule has 0 radical (unpaired) electrons. The molecule has 1 aromatic heterocycles. The maximum absolute atomic E-state index is 12.3. The van der Waals surface area contributed by atoms with Gasteiger partial charge in [-0.2, -0.15) is 0 Å². The number of aliphatic hydroxyl groups excluding tert-OH is 1. The van der Waals surface area contributed by atoms with E-state index in [1.54, 1.807) is 30.3 Å². The molecule has 0 saturated carbocycles. The Labute approximate surface area is 139 Å². The van der Waals surface area contributed by atoms with Crippen molar-refractivity contribution in [3.05, 3.63) is 59.4 Å². The topological polar surface area (TPSA) is 71.7 Å². The molecule has 1 amide bonds. The fourth-order valence-corrected chi connectivity index (χ4v) is 2.40. The van der Waals surface area contributed by atoms with Crippen LogP contribution in [0, 0.1) is 13.8 Å². The third kappa shape index (κ3) is 3.41. The number of hydrogen-bond donors (Lipinski definition) is 2. The molecule has 3 aromatic rings. The minimum absolute atomic E-state index is 0.0382. The Morgan fingerprint density at radius 1 is 1.12 bits per heavy atom. The van der Waals surface area contributed by atoms with E-state index in [0.29, 0.717) is 17.0 Å². The number of nitrogens with one attached hydrogen (secondary N) is 1. The van der Waals surface area contributed by atoms with Gasteiger partial charge in [0.1, 0.15) is 17.9 Å². The van der Waals surface area contributed by atoms with Crippen LogP contribution in [0.1, 0.15) is 21.7 Å². The zero-order chi connectivity index (χ0) is 17.1. The normalized spacial score (nSPS) is 10.8. The van der Waals surface area contributed by atoms with Gasteiger partial charge in [0.2, 0.25) is 0 Å². The highest BCUT2D eigenvalue weighted by Gasteiger charge is 2.13. The summed E-state index contributed by atoms with van der Waals surface area (Å²) in [5, 5.41) is 12.4. The maximum Gasteiger partial charge on any atom is 0.291 e. The van der Waals surface area contributed by atoms with Gasteiger partial charge in [0, 0.05) is 11.1 Å². The van der Waals surface area contributed by atoms with Crippen molar-refractivity contribution in [2.45, 2.75) is 13.8 Å². The molecule has 24 heavy (non-hydrogen) atoms. The van der Waals surface area contributed by atoms with Gasteiger partial charge >= 0.3 is 0 Å². The molecule has 5 heteroatoms. The zero-order valence-corrected chi connectivity index (χ0v) is 13.6. The van der Waals surface area contributed by atoms with E-state index in [9.17, 15) is 4.79 Å².